The van der Waals surface area contributed by atoms with E-state index in [1.54, 1.807) is 29.1 Å². The molecule has 4 rings (SSSR count). The molecule has 1 aromatic carbocycles. The molecule has 1 aliphatic heterocycles. The molecule has 11 nitrogen and oxygen atoms in total. The van der Waals surface area contributed by atoms with Gasteiger partial charge in [-0.25, -0.2) is 15.0 Å². The Bertz CT molecular complexity index is 1160. The summed E-state index contributed by atoms with van der Waals surface area (Å²) >= 11 is 2.06. The molecule has 12 heteroatoms. The number of imidazole rings is 1. The second-order valence-corrected chi connectivity index (χ2v) is 7.96. The van der Waals surface area contributed by atoms with Gasteiger partial charge in [-0.2, -0.15) is 0 Å². The van der Waals surface area contributed by atoms with E-state index in [-0.39, 0.29) is 24.7 Å². The predicted octanol–water partition coefficient (Wildman–Crippen LogP) is 3.42. The van der Waals surface area contributed by atoms with Crippen LogP contribution in [-0.4, -0.2) is 37.7 Å². The minimum Gasteiger partial charge on any atom is -0.459 e. The van der Waals surface area contributed by atoms with Gasteiger partial charge in [-0.05, 0) is 46.7 Å². The van der Waals surface area contributed by atoms with Crippen LogP contribution < -0.4 is 5.73 Å². The number of nitrogen functional groups attached to an aromatic ring is 1. The summed E-state index contributed by atoms with van der Waals surface area (Å²) in [7, 11) is 0. The molecule has 0 saturated carbocycles. The van der Waals surface area contributed by atoms with Crippen LogP contribution in [0.2, 0.25) is 0 Å². The number of carbonyl (C=O) groups excluding carboxylic acids is 1. The molecule has 1 aliphatic rings. The van der Waals surface area contributed by atoms with Crippen LogP contribution in [0.1, 0.15) is 25.1 Å². The average molecular weight is 520 g/mol. The van der Waals surface area contributed by atoms with Crippen molar-refractivity contribution >= 4 is 51.2 Å². The molecule has 2 N–H and O–H groups in total. The van der Waals surface area contributed by atoms with Gasteiger partial charge < -0.3 is 15.2 Å². The second-order valence-electron chi connectivity index (χ2n) is 6.79. The zero-order valence-electron chi connectivity index (χ0n) is 15.8. The lowest BCUT2D eigenvalue weighted by atomic mass is 10.1. The highest BCUT2D eigenvalue weighted by Crippen LogP contribution is 2.33. The predicted molar refractivity (Wildman–Crippen MR) is 115 cm³/mol. The molecule has 154 valence electrons. The van der Waals surface area contributed by atoms with Gasteiger partial charge in [0, 0.05) is 14.9 Å². The van der Waals surface area contributed by atoms with Gasteiger partial charge in [-0.1, -0.05) is 17.2 Å². The third-order valence-corrected chi connectivity index (χ3v) is 5.69. The van der Waals surface area contributed by atoms with Gasteiger partial charge >= 0.3 is 5.97 Å². The SMILES string of the molecule is C[C@H]1O[C@@H](n2cnc3c(N)ncnc32)C[C@@H]1OC(=O)Cc1ccc(N=[N+]=[N-])c(I)c1. The van der Waals surface area contributed by atoms with Crippen molar-refractivity contribution in [3.8, 4) is 0 Å². The normalized spacial score (nSPS) is 20.8. The van der Waals surface area contributed by atoms with Gasteiger partial charge in [-0.15, -0.1) is 0 Å². The molecule has 0 unspecified atom stereocenters. The molecule has 0 radical (unpaired) electrons. The molecule has 1 saturated heterocycles. The Kier molecular flexibility index (Phi) is 5.70. The van der Waals surface area contributed by atoms with Crippen molar-refractivity contribution in [1.82, 2.24) is 19.5 Å². The van der Waals surface area contributed by atoms with E-state index in [0.29, 0.717) is 29.1 Å². The minimum absolute atomic E-state index is 0.109. The number of esters is 1. The number of halogens is 1. The van der Waals surface area contributed by atoms with Crippen molar-refractivity contribution in [3.05, 3.63) is 50.4 Å². The summed E-state index contributed by atoms with van der Waals surface area (Å²) < 4.78 is 14.2. The second kappa shape index (κ2) is 8.42. The Morgan fingerprint density at radius 3 is 3.07 bits per heavy atom. The number of nitrogens with two attached hydrogens (primary N) is 1. The summed E-state index contributed by atoms with van der Waals surface area (Å²) in [6.45, 7) is 1.86. The smallest absolute Gasteiger partial charge is 0.310 e. The highest BCUT2D eigenvalue weighted by molar-refractivity contribution is 14.1. The zero-order chi connectivity index (χ0) is 21.3. The molecule has 0 aliphatic carbocycles. The van der Waals surface area contributed by atoms with Crippen molar-refractivity contribution in [3.63, 3.8) is 0 Å². The van der Waals surface area contributed by atoms with Crippen LogP contribution in [0, 0.1) is 3.57 Å². The fourth-order valence-electron chi connectivity index (χ4n) is 3.35. The van der Waals surface area contributed by atoms with Crippen molar-refractivity contribution in [2.75, 3.05) is 5.73 Å². The molecule has 0 amide bonds. The topological polar surface area (TPSA) is 154 Å². The number of fused-ring (bicyclic) bond motifs is 1. The molecular formula is C18H17IN8O3. The van der Waals surface area contributed by atoms with E-state index in [9.17, 15) is 4.79 Å². The van der Waals surface area contributed by atoms with E-state index in [0.717, 1.165) is 9.13 Å². The van der Waals surface area contributed by atoms with Crippen molar-refractivity contribution in [2.24, 2.45) is 5.11 Å². The Labute approximate surface area is 184 Å². The zero-order valence-corrected chi connectivity index (χ0v) is 18.0. The number of anilines is 1. The highest BCUT2D eigenvalue weighted by Gasteiger charge is 2.37. The molecule has 3 aromatic rings. The first-order valence-electron chi connectivity index (χ1n) is 9.07. The summed E-state index contributed by atoms with van der Waals surface area (Å²) in [5.74, 6) is -0.0561. The lowest BCUT2D eigenvalue weighted by Crippen LogP contribution is -2.25. The number of ether oxygens (including phenoxy) is 2. The average Bonchev–Trinajstić information content (AvgIpc) is 3.29. The number of aromatic nitrogens is 4. The monoisotopic (exact) mass is 520 g/mol. The maximum Gasteiger partial charge on any atom is 0.310 e. The summed E-state index contributed by atoms with van der Waals surface area (Å²) in [5, 5.41) is 3.60. The third-order valence-electron chi connectivity index (χ3n) is 4.82. The number of hydrogen-bond acceptors (Lipinski definition) is 8. The third kappa shape index (κ3) is 4.01. The Morgan fingerprint density at radius 1 is 1.47 bits per heavy atom. The van der Waals surface area contributed by atoms with Gasteiger partial charge in [0.25, 0.3) is 0 Å². The lowest BCUT2D eigenvalue weighted by Gasteiger charge is -2.15. The molecule has 2 aromatic heterocycles. The van der Waals surface area contributed by atoms with Crippen LogP contribution in [0.4, 0.5) is 11.5 Å². The quantitative estimate of drug-likeness (QED) is 0.178. The van der Waals surface area contributed by atoms with Gasteiger partial charge in [0.15, 0.2) is 11.5 Å². The van der Waals surface area contributed by atoms with Gasteiger partial charge in [0.05, 0.1) is 24.5 Å². The summed E-state index contributed by atoms with van der Waals surface area (Å²) in [5.41, 5.74) is 16.8. The van der Waals surface area contributed by atoms with Crippen LogP contribution in [0.25, 0.3) is 21.6 Å². The number of hydrogen-bond donors (Lipinski definition) is 1. The van der Waals surface area contributed by atoms with Crippen molar-refractivity contribution in [2.45, 2.75) is 38.2 Å². The van der Waals surface area contributed by atoms with Crippen LogP contribution in [0.3, 0.4) is 0 Å². The van der Waals surface area contributed by atoms with Crippen molar-refractivity contribution in [1.29, 1.82) is 0 Å². The van der Waals surface area contributed by atoms with E-state index in [1.807, 2.05) is 6.92 Å². The highest BCUT2D eigenvalue weighted by atomic mass is 127. The van der Waals surface area contributed by atoms with Crippen LogP contribution in [0.15, 0.2) is 36.0 Å². The van der Waals surface area contributed by atoms with Gasteiger partial charge in [0.2, 0.25) is 0 Å². The fraction of sp³-hybridized carbons (Fsp3) is 0.333. The molecule has 1 fully saturated rings. The molecule has 30 heavy (non-hydrogen) atoms. The van der Waals surface area contributed by atoms with Crippen LogP contribution >= 0.6 is 22.6 Å². The van der Waals surface area contributed by atoms with Gasteiger partial charge in [-0.3, -0.25) is 9.36 Å². The summed E-state index contributed by atoms with van der Waals surface area (Å²) in [6.07, 6.45) is 2.49. The first-order chi connectivity index (χ1) is 14.5. The minimum atomic E-state index is -0.402. The lowest BCUT2D eigenvalue weighted by molar-refractivity contribution is -0.150. The number of nitrogens with zero attached hydrogens (tertiary/aromatic N) is 7. The first kappa shape index (κ1) is 20.3. The maximum absolute atomic E-state index is 12.5. The number of carbonyl (C=O) groups is 1. The summed E-state index contributed by atoms with van der Waals surface area (Å²) in [6, 6.07) is 5.22. The largest absolute Gasteiger partial charge is 0.459 e. The van der Waals surface area contributed by atoms with E-state index in [1.165, 1.54) is 6.33 Å². The Morgan fingerprint density at radius 2 is 2.30 bits per heavy atom. The standard InChI is InChI=1S/C18H17IN8O3/c1-9-13(30-15(28)5-10-2-3-12(25-26-21)11(19)4-10)6-14(29-9)27-8-24-16-17(20)22-7-23-18(16)27/h2-4,7-9,13-14H,5-6H2,1H3,(H2,20,22,23)/t9-,13+,14-/m1/s1. The van der Waals surface area contributed by atoms with E-state index < -0.39 is 6.10 Å². The fourth-order valence-corrected chi connectivity index (χ4v) is 4.04. The van der Waals surface area contributed by atoms with Crippen molar-refractivity contribution < 1.29 is 14.3 Å². The Balaban J connectivity index is 1.43. The molecule has 0 bridgehead atoms. The summed E-state index contributed by atoms with van der Waals surface area (Å²) in [4.78, 5) is 27.7. The molecule has 0 spiro atoms. The van der Waals surface area contributed by atoms with E-state index in [2.05, 4.69) is 47.6 Å². The Hall–Kier alpha value is -2.96. The molecule has 3 atom stereocenters. The maximum atomic E-state index is 12.5. The number of benzene rings is 1. The van der Waals surface area contributed by atoms with Crippen LogP contribution in [-0.2, 0) is 20.7 Å². The number of rotatable bonds is 5. The molecular weight excluding hydrogens is 503 g/mol. The molecule has 3 heterocycles. The first-order valence-corrected chi connectivity index (χ1v) is 10.2. The number of azide groups is 1. The van der Waals surface area contributed by atoms with E-state index in [4.69, 9.17) is 20.7 Å². The van der Waals surface area contributed by atoms with Gasteiger partial charge in [0.1, 0.15) is 24.2 Å². The van der Waals surface area contributed by atoms with E-state index >= 15 is 0 Å². The van der Waals surface area contributed by atoms with Crippen LogP contribution in [0.5, 0.6) is 0 Å².